The molecule has 0 spiro atoms. The average Bonchev–Trinajstić information content (AvgIpc) is 2.73. The third-order valence-corrected chi connectivity index (χ3v) is 2.90. The Morgan fingerprint density at radius 1 is 1.22 bits per heavy atom. The molecule has 18 heavy (non-hydrogen) atoms. The van der Waals surface area contributed by atoms with Gasteiger partial charge >= 0.3 is 0 Å². The molecule has 0 radical (unpaired) electrons. The van der Waals surface area contributed by atoms with Crippen LogP contribution in [0.5, 0.6) is 0 Å². The smallest absolute Gasteiger partial charge is 0.165 e. The van der Waals surface area contributed by atoms with Crippen molar-refractivity contribution in [3.05, 3.63) is 53.0 Å². The van der Waals surface area contributed by atoms with Crippen molar-refractivity contribution >= 4 is 17.2 Å². The average molecular weight is 260 g/mol. The molecule has 3 aromatic rings. The monoisotopic (exact) mass is 259 g/mol. The molecule has 3 aromatic heterocycles. The lowest BCUT2D eigenvalue weighted by Gasteiger charge is -2.03. The number of halogens is 1. The molecule has 0 atom stereocenters. The van der Waals surface area contributed by atoms with Crippen molar-refractivity contribution < 1.29 is 0 Å². The van der Waals surface area contributed by atoms with Crippen molar-refractivity contribution in [2.75, 3.05) is 0 Å². The maximum absolute atomic E-state index is 5.89. The van der Waals surface area contributed by atoms with Crippen LogP contribution in [0.25, 0.3) is 5.65 Å². The largest absolute Gasteiger partial charge is 0.266 e. The number of nitrogens with zero attached hydrogens (tertiary/aromatic N) is 5. The van der Waals surface area contributed by atoms with Crippen molar-refractivity contribution in [2.45, 2.75) is 13.3 Å². The molecular formula is C12H10ClN5. The molecule has 0 unspecified atom stereocenters. The molecule has 3 rings (SSSR count). The van der Waals surface area contributed by atoms with Crippen LogP contribution in [-0.2, 0) is 6.42 Å². The van der Waals surface area contributed by atoms with E-state index in [0.717, 1.165) is 22.9 Å². The van der Waals surface area contributed by atoms with Crippen LogP contribution in [0.15, 0.2) is 30.6 Å². The van der Waals surface area contributed by atoms with Gasteiger partial charge in [0.2, 0.25) is 0 Å². The summed E-state index contributed by atoms with van der Waals surface area (Å²) < 4.78 is 1.91. The molecule has 0 saturated carbocycles. The molecule has 0 aliphatic heterocycles. The van der Waals surface area contributed by atoms with Crippen LogP contribution < -0.4 is 0 Å². The fourth-order valence-corrected chi connectivity index (χ4v) is 2.14. The summed E-state index contributed by atoms with van der Waals surface area (Å²) in [6, 6.07) is 5.62. The maximum atomic E-state index is 5.89. The van der Waals surface area contributed by atoms with Crippen molar-refractivity contribution in [3.63, 3.8) is 0 Å². The van der Waals surface area contributed by atoms with Crippen LogP contribution in [0.1, 0.15) is 17.2 Å². The predicted molar refractivity (Wildman–Crippen MR) is 67.6 cm³/mol. The van der Waals surface area contributed by atoms with Gasteiger partial charge in [0.05, 0.1) is 0 Å². The van der Waals surface area contributed by atoms with E-state index in [4.69, 9.17) is 11.6 Å². The Bertz CT molecular complexity index is 692. The molecule has 0 saturated heterocycles. The highest BCUT2D eigenvalue weighted by Crippen LogP contribution is 2.14. The van der Waals surface area contributed by atoms with Crippen molar-refractivity contribution in [1.29, 1.82) is 0 Å². The third kappa shape index (κ3) is 1.93. The van der Waals surface area contributed by atoms with Gasteiger partial charge in [-0.05, 0) is 24.6 Å². The van der Waals surface area contributed by atoms with Crippen LogP contribution in [0.3, 0.4) is 0 Å². The number of hydrogen-bond acceptors (Lipinski definition) is 4. The highest BCUT2D eigenvalue weighted by atomic mass is 35.5. The second-order valence-corrected chi connectivity index (χ2v) is 4.36. The zero-order valence-electron chi connectivity index (χ0n) is 9.71. The number of fused-ring (bicyclic) bond motifs is 1. The summed E-state index contributed by atoms with van der Waals surface area (Å²) in [7, 11) is 0. The van der Waals surface area contributed by atoms with E-state index in [-0.39, 0.29) is 0 Å². The molecule has 3 heterocycles. The summed E-state index contributed by atoms with van der Waals surface area (Å²) in [6.07, 6.45) is 4.22. The molecule has 0 bridgehead atoms. The molecule has 0 aliphatic carbocycles. The van der Waals surface area contributed by atoms with E-state index >= 15 is 0 Å². The van der Waals surface area contributed by atoms with Gasteiger partial charge in [-0.25, -0.2) is 4.98 Å². The lowest BCUT2D eigenvalue weighted by atomic mass is 10.2. The van der Waals surface area contributed by atoms with E-state index < -0.39 is 0 Å². The first-order valence-electron chi connectivity index (χ1n) is 5.50. The Labute approximate surface area is 108 Å². The van der Waals surface area contributed by atoms with Crippen LogP contribution in [0.4, 0.5) is 0 Å². The van der Waals surface area contributed by atoms with E-state index in [1.807, 2.05) is 23.5 Å². The van der Waals surface area contributed by atoms with Crippen molar-refractivity contribution in [2.24, 2.45) is 0 Å². The van der Waals surface area contributed by atoms with E-state index in [9.17, 15) is 0 Å². The van der Waals surface area contributed by atoms with Gasteiger partial charge in [0, 0.05) is 24.9 Å². The van der Waals surface area contributed by atoms with Crippen molar-refractivity contribution in [3.8, 4) is 0 Å². The minimum absolute atomic E-state index is 0.433. The van der Waals surface area contributed by atoms with Gasteiger partial charge in [0.15, 0.2) is 5.65 Å². The molecule has 0 fully saturated rings. The molecule has 0 amide bonds. The quantitative estimate of drug-likeness (QED) is 0.661. The van der Waals surface area contributed by atoms with E-state index in [2.05, 4.69) is 20.2 Å². The number of rotatable bonds is 2. The Hall–Kier alpha value is -2.01. The molecule has 0 aromatic carbocycles. The summed E-state index contributed by atoms with van der Waals surface area (Å²) in [5, 5.41) is 8.73. The summed E-state index contributed by atoms with van der Waals surface area (Å²) in [6.45, 7) is 1.89. The van der Waals surface area contributed by atoms with Gasteiger partial charge in [-0.2, -0.15) is 0 Å². The Balaban J connectivity index is 2.08. The normalized spacial score (nSPS) is 11.0. The molecule has 0 aliphatic rings. The van der Waals surface area contributed by atoms with E-state index in [0.29, 0.717) is 11.6 Å². The predicted octanol–water partition coefficient (Wildman–Crippen LogP) is 2.07. The van der Waals surface area contributed by atoms with Gasteiger partial charge in [-0.1, -0.05) is 11.6 Å². The van der Waals surface area contributed by atoms with Gasteiger partial charge in [-0.15, -0.1) is 10.2 Å². The van der Waals surface area contributed by atoms with Gasteiger partial charge in [-0.3, -0.25) is 9.38 Å². The summed E-state index contributed by atoms with van der Waals surface area (Å²) in [5.41, 5.74) is 1.85. The highest BCUT2D eigenvalue weighted by molar-refractivity contribution is 6.29. The van der Waals surface area contributed by atoms with E-state index in [1.165, 1.54) is 0 Å². The first-order chi connectivity index (χ1) is 8.74. The second kappa shape index (κ2) is 4.34. The van der Waals surface area contributed by atoms with Gasteiger partial charge in [0.25, 0.3) is 0 Å². The minimum atomic E-state index is 0.433. The first kappa shape index (κ1) is 11.1. The molecule has 5 nitrogen and oxygen atoms in total. The molecule has 6 heteroatoms. The summed E-state index contributed by atoms with van der Waals surface area (Å²) >= 11 is 5.89. The lowest BCUT2D eigenvalue weighted by Crippen LogP contribution is -2.02. The topological polar surface area (TPSA) is 56.0 Å². The standard InChI is InChI=1S/C12H10ClN5/c1-8-15-10(13)7-12-17-16-11(18(8)12)6-9-2-4-14-5-3-9/h2-5,7H,6H2,1H3. The first-order valence-corrected chi connectivity index (χ1v) is 5.88. The summed E-state index contributed by atoms with van der Waals surface area (Å²) in [4.78, 5) is 8.21. The van der Waals surface area contributed by atoms with Crippen LogP contribution >= 0.6 is 11.6 Å². The number of aromatic nitrogens is 5. The lowest BCUT2D eigenvalue weighted by molar-refractivity contribution is 0.883. The second-order valence-electron chi connectivity index (χ2n) is 3.97. The fraction of sp³-hybridized carbons (Fsp3) is 0.167. The maximum Gasteiger partial charge on any atom is 0.165 e. The van der Waals surface area contributed by atoms with E-state index in [1.54, 1.807) is 18.5 Å². The Morgan fingerprint density at radius 2 is 2.00 bits per heavy atom. The highest BCUT2D eigenvalue weighted by Gasteiger charge is 2.10. The zero-order chi connectivity index (χ0) is 12.5. The fourth-order valence-electron chi connectivity index (χ4n) is 1.92. The molecular weight excluding hydrogens is 250 g/mol. The van der Waals surface area contributed by atoms with Crippen LogP contribution in [0.2, 0.25) is 5.15 Å². The minimum Gasteiger partial charge on any atom is -0.266 e. The van der Waals surface area contributed by atoms with Crippen LogP contribution in [-0.4, -0.2) is 24.6 Å². The SMILES string of the molecule is Cc1nc(Cl)cc2nnc(Cc3ccncc3)n12. The molecule has 90 valence electrons. The number of hydrogen-bond donors (Lipinski definition) is 0. The Kier molecular flexibility index (Phi) is 2.68. The summed E-state index contributed by atoms with van der Waals surface area (Å²) in [5.74, 6) is 1.63. The Morgan fingerprint density at radius 3 is 2.78 bits per heavy atom. The zero-order valence-corrected chi connectivity index (χ0v) is 10.5. The van der Waals surface area contributed by atoms with Crippen LogP contribution in [0, 0.1) is 6.92 Å². The number of pyridine rings is 1. The van der Waals surface area contributed by atoms with Gasteiger partial charge in [0.1, 0.15) is 16.8 Å². The molecule has 0 N–H and O–H groups in total. The third-order valence-electron chi connectivity index (χ3n) is 2.71. The van der Waals surface area contributed by atoms with Gasteiger partial charge < -0.3 is 0 Å². The van der Waals surface area contributed by atoms with Crippen molar-refractivity contribution in [1.82, 2.24) is 24.6 Å². The number of aryl methyl sites for hydroxylation is 1.